The zero-order chi connectivity index (χ0) is 16.7. The molecule has 0 bridgehead atoms. The fourth-order valence-corrected chi connectivity index (χ4v) is 4.67. The smallest absolute Gasteiger partial charge is 0.264 e. The van der Waals surface area contributed by atoms with Crippen LogP contribution in [-0.4, -0.2) is 40.9 Å². The van der Waals surface area contributed by atoms with Gasteiger partial charge in [-0.05, 0) is 31.0 Å². The zero-order valence-corrected chi connectivity index (χ0v) is 15.2. The number of hydrogen-bond donors (Lipinski definition) is 0. The van der Waals surface area contributed by atoms with E-state index in [2.05, 4.69) is 9.97 Å². The van der Waals surface area contributed by atoms with Gasteiger partial charge in [0.25, 0.3) is 5.91 Å². The van der Waals surface area contributed by atoms with E-state index in [0.29, 0.717) is 12.6 Å². The van der Waals surface area contributed by atoms with E-state index in [9.17, 15) is 4.79 Å². The summed E-state index contributed by atoms with van der Waals surface area (Å²) in [5, 5.41) is 0.975. The summed E-state index contributed by atoms with van der Waals surface area (Å²) in [6, 6.07) is 8.17. The fraction of sp³-hybridized carbons (Fsp3) is 0.353. The summed E-state index contributed by atoms with van der Waals surface area (Å²) >= 11 is 3.11. The molecule has 3 heterocycles. The van der Waals surface area contributed by atoms with Gasteiger partial charge in [0.05, 0.1) is 21.8 Å². The molecular weight excluding hydrogens is 340 g/mol. The molecule has 0 radical (unpaired) electrons. The maximum Gasteiger partial charge on any atom is 0.264 e. The number of rotatable bonds is 5. The number of fused-ring (bicyclic) bond motifs is 1. The molecule has 0 atom stereocenters. The van der Waals surface area contributed by atoms with Crippen molar-refractivity contribution < 1.29 is 4.79 Å². The van der Waals surface area contributed by atoms with Gasteiger partial charge in [0.2, 0.25) is 0 Å². The Morgan fingerprint density at radius 1 is 1.29 bits per heavy atom. The molecule has 3 aromatic rings. The van der Waals surface area contributed by atoms with Crippen molar-refractivity contribution >= 4 is 43.2 Å². The third-order valence-electron chi connectivity index (χ3n) is 3.98. The number of thiazole rings is 1. The summed E-state index contributed by atoms with van der Waals surface area (Å²) in [6.45, 7) is 0.576. The minimum atomic E-state index is 0.102. The molecule has 1 aliphatic rings. The van der Waals surface area contributed by atoms with Crippen LogP contribution in [0.5, 0.6) is 0 Å². The van der Waals surface area contributed by atoms with E-state index in [1.807, 2.05) is 48.2 Å². The van der Waals surface area contributed by atoms with Crippen LogP contribution in [0.15, 0.2) is 30.5 Å². The average molecular weight is 358 g/mol. The predicted octanol–water partition coefficient (Wildman–Crippen LogP) is 3.62. The topological polar surface area (TPSA) is 49.3 Å². The van der Waals surface area contributed by atoms with Gasteiger partial charge in [0.1, 0.15) is 4.83 Å². The molecule has 7 heteroatoms. The average Bonchev–Trinajstić information content (AvgIpc) is 3.21. The summed E-state index contributed by atoms with van der Waals surface area (Å²) < 4.78 is 1.08. The van der Waals surface area contributed by atoms with Gasteiger partial charge >= 0.3 is 0 Å². The minimum Gasteiger partial charge on any atom is -0.354 e. The van der Waals surface area contributed by atoms with Crippen molar-refractivity contribution in [2.75, 3.05) is 19.0 Å². The summed E-state index contributed by atoms with van der Waals surface area (Å²) in [5.41, 5.74) is 0.934. The molecule has 1 saturated carbocycles. The molecule has 0 aliphatic heterocycles. The Morgan fingerprint density at radius 3 is 2.75 bits per heavy atom. The first kappa shape index (κ1) is 15.5. The molecule has 3 aromatic heterocycles. The molecular formula is C17H18N4OS2. The van der Waals surface area contributed by atoms with Crippen molar-refractivity contribution in [2.45, 2.75) is 25.4 Å². The minimum absolute atomic E-state index is 0.102. The van der Waals surface area contributed by atoms with Gasteiger partial charge in [-0.2, -0.15) is 0 Å². The Kier molecular flexibility index (Phi) is 3.97. The lowest BCUT2D eigenvalue weighted by molar-refractivity contribution is 0.0733. The summed E-state index contributed by atoms with van der Waals surface area (Å²) in [4.78, 5) is 27.6. The summed E-state index contributed by atoms with van der Waals surface area (Å²) in [6.07, 6.45) is 3.95. The summed E-state index contributed by atoms with van der Waals surface area (Å²) in [5.74, 6) is 0.102. The molecule has 1 aliphatic carbocycles. The number of nitrogens with zero attached hydrogens (tertiary/aromatic N) is 4. The van der Waals surface area contributed by atoms with Crippen molar-refractivity contribution in [3.8, 4) is 0 Å². The van der Waals surface area contributed by atoms with Crippen LogP contribution >= 0.6 is 22.7 Å². The van der Waals surface area contributed by atoms with Crippen LogP contribution in [0, 0.1) is 0 Å². The van der Waals surface area contributed by atoms with Crippen molar-refractivity contribution in [3.05, 3.63) is 41.0 Å². The molecule has 0 unspecified atom stereocenters. The Morgan fingerprint density at radius 2 is 2.12 bits per heavy atom. The highest BCUT2D eigenvalue weighted by molar-refractivity contribution is 7.29. The molecule has 0 spiro atoms. The highest BCUT2D eigenvalue weighted by Crippen LogP contribution is 2.36. The second-order valence-corrected chi connectivity index (χ2v) is 8.20. The van der Waals surface area contributed by atoms with Crippen molar-refractivity contribution in [2.24, 2.45) is 0 Å². The van der Waals surface area contributed by atoms with E-state index in [1.165, 1.54) is 11.3 Å². The normalized spacial score (nSPS) is 14.1. The van der Waals surface area contributed by atoms with Gasteiger partial charge in [0, 0.05) is 26.3 Å². The molecule has 0 N–H and O–H groups in total. The first-order valence-corrected chi connectivity index (χ1v) is 9.53. The number of amides is 1. The van der Waals surface area contributed by atoms with E-state index in [-0.39, 0.29) is 5.91 Å². The number of anilines is 1. The van der Waals surface area contributed by atoms with Crippen LogP contribution in [0.25, 0.3) is 9.53 Å². The number of carbonyl (C=O) groups excluding carboxylic acids is 1. The Balaban J connectivity index is 1.59. The van der Waals surface area contributed by atoms with E-state index < -0.39 is 0 Å². The number of thiophene rings is 1. The Labute approximate surface area is 148 Å². The second-order valence-electron chi connectivity index (χ2n) is 6.16. The highest BCUT2D eigenvalue weighted by atomic mass is 32.1. The standard InChI is InChI=1S/C17H18N4OS2/c1-20(2)17-19-15-13(24-17)9-14(23-15)16(22)21(12-6-7-12)10-11-5-3-4-8-18-11/h3-5,8-9,12H,6-7,10H2,1-2H3. The molecule has 24 heavy (non-hydrogen) atoms. The third-order valence-corrected chi connectivity index (χ3v) is 6.29. The quantitative estimate of drug-likeness (QED) is 0.699. The lowest BCUT2D eigenvalue weighted by Crippen LogP contribution is -2.32. The first-order valence-electron chi connectivity index (χ1n) is 7.90. The van der Waals surface area contributed by atoms with Crippen LogP contribution in [0.3, 0.4) is 0 Å². The Bertz CT molecular complexity index is 836. The van der Waals surface area contributed by atoms with Crippen molar-refractivity contribution in [1.82, 2.24) is 14.9 Å². The molecule has 4 rings (SSSR count). The molecule has 0 aromatic carbocycles. The van der Waals surface area contributed by atoms with Crippen LogP contribution in [-0.2, 0) is 6.54 Å². The monoisotopic (exact) mass is 358 g/mol. The molecule has 1 fully saturated rings. The van der Waals surface area contributed by atoms with E-state index in [4.69, 9.17) is 0 Å². The van der Waals surface area contributed by atoms with Crippen LogP contribution < -0.4 is 4.90 Å². The van der Waals surface area contributed by atoms with Crippen molar-refractivity contribution in [3.63, 3.8) is 0 Å². The molecule has 5 nitrogen and oxygen atoms in total. The SMILES string of the molecule is CN(C)c1nc2sc(C(=O)N(Cc3ccccn3)C3CC3)cc2s1. The van der Waals surface area contributed by atoms with Gasteiger partial charge in [0.15, 0.2) is 5.13 Å². The van der Waals surface area contributed by atoms with Gasteiger partial charge in [-0.25, -0.2) is 4.98 Å². The predicted molar refractivity (Wildman–Crippen MR) is 99.0 cm³/mol. The van der Waals surface area contributed by atoms with Crippen molar-refractivity contribution in [1.29, 1.82) is 0 Å². The van der Waals surface area contributed by atoms with Gasteiger partial charge < -0.3 is 9.80 Å². The molecule has 0 saturated heterocycles. The van der Waals surface area contributed by atoms with Gasteiger partial charge in [-0.15, -0.1) is 11.3 Å². The molecule has 1 amide bonds. The second kappa shape index (κ2) is 6.14. The van der Waals surface area contributed by atoms with Crippen LogP contribution in [0.4, 0.5) is 5.13 Å². The van der Waals surface area contributed by atoms with E-state index in [1.54, 1.807) is 17.5 Å². The maximum absolute atomic E-state index is 13.0. The first-order chi connectivity index (χ1) is 11.6. The lowest BCUT2D eigenvalue weighted by atomic mass is 10.3. The summed E-state index contributed by atoms with van der Waals surface area (Å²) in [7, 11) is 3.96. The number of hydrogen-bond acceptors (Lipinski definition) is 6. The maximum atomic E-state index is 13.0. The Hall–Kier alpha value is -1.99. The number of carbonyl (C=O) groups is 1. The largest absolute Gasteiger partial charge is 0.354 e. The van der Waals surface area contributed by atoms with Crippen LogP contribution in [0.1, 0.15) is 28.2 Å². The van der Waals surface area contributed by atoms with Gasteiger partial charge in [-0.1, -0.05) is 17.4 Å². The van der Waals surface area contributed by atoms with E-state index in [0.717, 1.165) is 38.1 Å². The fourth-order valence-electron chi connectivity index (χ4n) is 2.58. The molecule has 124 valence electrons. The lowest BCUT2D eigenvalue weighted by Gasteiger charge is -2.21. The number of aromatic nitrogens is 2. The highest BCUT2D eigenvalue weighted by Gasteiger charge is 2.34. The van der Waals surface area contributed by atoms with Gasteiger partial charge in [-0.3, -0.25) is 9.78 Å². The number of pyridine rings is 1. The van der Waals surface area contributed by atoms with E-state index >= 15 is 0 Å². The third kappa shape index (κ3) is 3.01. The van der Waals surface area contributed by atoms with Crippen LogP contribution in [0.2, 0.25) is 0 Å². The zero-order valence-electron chi connectivity index (χ0n) is 13.6.